The molecule has 1 aliphatic heterocycles. The number of hydrogen-bond donors (Lipinski definition) is 1. The quantitative estimate of drug-likeness (QED) is 0.867. The Labute approximate surface area is 165 Å². The number of hydrogen-bond acceptors (Lipinski definition) is 3. The first kappa shape index (κ1) is 18.1. The van der Waals surface area contributed by atoms with Crippen LogP contribution in [-0.2, 0) is 16.1 Å². The summed E-state index contributed by atoms with van der Waals surface area (Å²) in [7, 11) is 0. The fourth-order valence-electron chi connectivity index (χ4n) is 6.76. The van der Waals surface area contributed by atoms with Crippen LogP contribution in [0.2, 0.25) is 0 Å². The summed E-state index contributed by atoms with van der Waals surface area (Å²) < 4.78 is 13.3. The fourth-order valence-corrected chi connectivity index (χ4v) is 6.76. The summed E-state index contributed by atoms with van der Waals surface area (Å²) in [5, 5.41) is 4.12. The average molecular weight is 385 g/mol. The van der Waals surface area contributed by atoms with Crippen molar-refractivity contribution in [1.82, 2.24) is 10.0 Å². The lowest BCUT2D eigenvalue weighted by Gasteiger charge is -2.67. The van der Waals surface area contributed by atoms with E-state index in [1.54, 1.807) is 12.1 Å². The predicted octanol–water partition coefficient (Wildman–Crippen LogP) is 2.84. The maximum atomic E-state index is 13.3. The van der Waals surface area contributed by atoms with Crippen molar-refractivity contribution in [2.24, 2.45) is 28.9 Å². The van der Waals surface area contributed by atoms with Crippen LogP contribution in [0.5, 0.6) is 0 Å². The first-order valence-electron chi connectivity index (χ1n) is 10.4. The van der Waals surface area contributed by atoms with Gasteiger partial charge >= 0.3 is 0 Å². The van der Waals surface area contributed by atoms with E-state index in [1.165, 1.54) is 12.1 Å². The number of carbonyl (C=O) groups is 2. The van der Waals surface area contributed by atoms with Crippen LogP contribution in [0.1, 0.15) is 51.5 Å². The van der Waals surface area contributed by atoms with E-state index in [4.69, 9.17) is 5.73 Å². The molecule has 4 saturated carbocycles. The Balaban J connectivity index is 1.43. The summed E-state index contributed by atoms with van der Waals surface area (Å²) >= 11 is 0. The highest BCUT2D eigenvalue weighted by Gasteiger charge is 2.64. The number of nitrogens with zero attached hydrogens (tertiary/aromatic N) is 2. The summed E-state index contributed by atoms with van der Waals surface area (Å²) in [5.74, 6) is 1.00. The molecule has 2 atom stereocenters. The van der Waals surface area contributed by atoms with E-state index in [9.17, 15) is 14.0 Å². The number of carbonyl (C=O) groups excluding carboxylic acids is 2. The van der Waals surface area contributed by atoms with Crippen LogP contribution >= 0.6 is 0 Å². The van der Waals surface area contributed by atoms with Crippen LogP contribution in [0.15, 0.2) is 24.3 Å². The molecule has 6 heteroatoms. The number of hydrazine groups is 1. The smallest absolute Gasteiger partial charge is 0.258 e. The third kappa shape index (κ3) is 2.39. The Morgan fingerprint density at radius 3 is 2.32 bits per heavy atom. The van der Waals surface area contributed by atoms with Gasteiger partial charge in [-0.05, 0) is 81.4 Å². The second kappa shape index (κ2) is 5.78. The lowest BCUT2D eigenvalue weighted by Crippen LogP contribution is -2.79. The first-order chi connectivity index (χ1) is 13.2. The van der Waals surface area contributed by atoms with Crippen molar-refractivity contribution in [1.29, 1.82) is 0 Å². The number of halogens is 1. The molecular formula is C22H28FN3O2. The Hall–Kier alpha value is -1.95. The molecule has 1 aromatic carbocycles. The lowest BCUT2D eigenvalue weighted by molar-refractivity contribution is -0.255. The standard InChI is InChI=1S/C22H28FN3O2/c1-21(2)20(28)26(25(21)12-13-3-5-17(23)6-4-13)18-15-7-14-8-16(18)11-22(9-14,10-15)19(24)27/h3-6,14-16,18H,7-12H2,1-2H3,(H2,24,27). The zero-order valence-electron chi connectivity index (χ0n) is 16.5. The summed E-state index contributed by atoms with van der Waals surface area (Å²) in [6.45, 7) is 4.49. The molecule has 28 heavy (non-hydrogen) atoms. The van der Waals surface area contributed by atoms with Gasteiger partial charge in [-0.3, -0.25) is 14.6 Å². The predicted molar refractivity (Wildman–Crippen MR) is 102 cm³/mol. The van der Waals surface area contributed by atoms with E-state index in [0.717, 1.165) is 37.7 Å². The zero-order valence-corrected chi connectivity index (χ0v) is 16.5. The number of benzene rings is 1. The van der Waals surface area contributed by atoms with E-state index in [2.05, 4.69) is 5.01 Å². The van der Waals surface area contributed by atoms with Crippen LogP contribution in [0, 0.1) is 29.0 Å². The van der Waals surface area contributed by atoms with E-state index < -0.39 is 5.54 Å². The van der Waals surface area contributed by atoms with Gasteiger partial charge in [-0.2, -0.15) is 5.01 Å². The van der Waals surface area contributed by atoms with Gasteiger partial charge in [0, 0.05) is 12.0 Å². The molecular weight excluding hydrogens is 357 g/mol. The number of amides is 2. The van der Waals surface area contributed by atoms with Gasteiger partial charge in [0.05, 0.1) is 6.04 Å². The van der Waals surface area contributed by atoms with Crippen molar-refractivity contribution >= 4 is 11.8 Å². The molecule has 5 nitrogen and oxygen atoms in total. The molecule has 6 rings (SSSR count). The fraction of sp³-hybridized carbons (Fsp3) is 0.636. The van der Waals surface area contributed by atoms with E-state index in [1.807, 2.05) is 18.9 Å². The molecule has 0 spiro atoms. The lowest BCUT2D eigenvalue weighted by atomic mass is 9.47. The molecule has 1 saturated heterocycles. The molecule has 4 aliphatic carbocycles. The normalized spacial score (nSPS) is 38.5. The zero-order chi connectivity index (χ0) is 19.8. The minimum absolute atomic E-state index is 0.149. The third-order valence-electron chi connectivity index (χ3n) is 7.91. The van der Waals surface area contributed by atoms with Crippen LogP contribution in [0.25, 0.3) is 0 Å². The number of nitrogens with two attached hydrogens (primary N) is 1. The average Bonchev–Trinajstić information content (AvgIpc) is 2.64. The van der Waals surface area contributed by atoms with Crippen molar-refractivity contribution < 1.29 is 14.0 Å². The molecule has 0 aromatic heterocycles. The summed E-state index contributed by atoms with van der Waals surface area (Å²) in [6, 6.07) is 6.66. The van der Waals surface area contributed by atoms with E-state index >= 15 is 0 Å². The maximum Gasteiger partial charge on any atom is 0.258 e. The molecule has 1 aromatic rings. The summed E-state index contributed by atoms with van der Waals surface area (Å²) in [4.78, 5) is 25.3. The van der Waals surface area contributed by atoms with Gasteiger partial charge in [-0.1, -0.05) is 12.1 Å². The molecule has 1 heterocycles. The van der Waals surface area contributed by atoms with Crippen molar-refractivity contribution in [2.75, 3.05) is 0 Å². The van der Waals surface area contributed by atoms with Crippen LogP contribution < -0.4 is 5.73 Å². The number of primary amides is 1. The van der Waals surface area contributed by atoms with Gasteiger partial charge in [-0.25, -0.2) is 4.39 Å². The highest BCUT2D eigenvalue weighted by atomic mass is 19.1. The maximum absolute atomic E-state index is 13.3. The molecule has 2 unspecified atom stereocenters. The van der Waals surface area contributed by atoms with Gasteiger partial charge in [0.2, 0.25) is 5.91 Å². The summed E-state index contributed by atoms with van der Waals surface area (Å²) in [5.41, 5.74) is 5.89. The topological polar surface area (TPSA) is 66.6 Å². The molecule has 2 amide bonds. The van der Waals surface area contributed by atoms with Crippen LogP contribution in [-0.4, -0.2) is 33.4 Å². The van der Waals surface area contributed by atoms with Crippen molar-refractivity contribution in [3.05, 3.63) is 35.6 Å². The largest absolute Gasteiger partial charge is 0.369 e. The Kier molecular flexibility index (Phi) is 3.74. The second-order valence-electron chi connectivity index (χ2n) is 10.00. The highest BCUT2D eigenvalue weighted by molar-refractivity contribution is 5.90. The van der Waals surface area contributed by atoms with Gasteiger partial charge in [0.15, 0.2) is 0 Å². The number of rotatable bonds is 4. The van der Waals surface area contributed by atoms with Crippen LogP contribution in [0.4, 0.5) is 4.39 Å². The van der Waals surface area contributed by atoms with Gasteiger partial charge < -0.3 is 5.73 Å². The monoisotopic (exact) mass is 385 g/mol. The SMILES string of the molecule is CC1(C)C(=O)N(C2C3CC4CC2CC(C(N)=O)(C4)C3)N1Cc1ccc(F)cc1. The van der Waals surface area contributed by atoms with Crippen molar-refractivity contribution in [3.63, 3.8) is 0 Å². The molecule has 0 radical (unpaired) electrons. The minimum Gasteiger partial charge on any atom is -0.369 e. The first-order valence-corrected chi connectivity index (χ1v) is 10.4. The molecule has 2 N–H and O–H groups in total. The minimum atomic E-state index is -0.565. The molecule has 5 fully saturated rings. The van der Waals surface area contributed by atoms with E-state index in [-0.39, 0.29) is 29.1 Å². The molecule has 5 aliphatic rings. The Bertz CT molecular complexity index is 821. The Morgan fingerprint density at radius 1 is 1.14 bits per heavy atom. The van der Waals surface area contributed by atoms with E-state index in [0.29, 0.717) is 24.3 Å². The Morgan fingerprint density at radius 2 is 1.75 bits per heavy atom. The third-order valence-corrected chi connectivity index (χ3v) is 7.91. The van der Waals surface area contributed by atoms with Gasteiger partial charge in [0.25, 0.3) is 5.91 Å². The highest BCUT2D eigenvalue weighted by Crippen LogP contribution is 2.62. The van der Waals surface area contributed by atoms with Gasteiger partial charge in [-0.15, -0.1) is 0 Å². The van der Waals surface area contributed by atoms with Crippen LogP contribution in [0.3, 0.4) is 0 Å². The molecule has 150 valence electrons. The van der Waals surface area contributed by atoms with Gasteiger partial charge in [0.1, 0.15) is 11.4 Å². The molecule has 4 bridgehead atoms. The summed E-state index contributed by atoms with van der Waals surface area (Å²) in [6.07, 6.45) is 4.74. The van der Waals surface area contributed by atoms with Crippen molar-refractivity contribution in [3.8, 4) is 0 Å². The van der Waals surface area contributed by atoms with Crippen molar-refractivity contribution in [2.45, 2.75) is 64.1 Å². The second-order valence-corrected chi connectivity index (χ2v) is 10.00.